The number of hydrogen-bond acceptors (Lipinski definition) is 5. The molecule has 8 heteroatoms. The Hall–Kier alpha value is -2.77. The Morgan fingerprint density at radius 3 is 2.30 bits per heavy atom. The standard InChI is InChI=1S/C15H13F3N2O3/c1-10(8-20-21)22-12-3-5-13(6-4-12)23-14-7-2-11(9-19-14)15(16,17)18/h2-10,21H,1H3/b20-8+. The molecule has 1 atom stereocenters. The molecule has 0 radical (unpaired) electrons. The third-order valence-corrected chi connectivity index (χ3v) is 2.71. The van der Waals surface area contributed by atoms with Gasteiger partial charge in [0.05, 0.1) is 11.8 Å². The molecule has 0 saturated heterocycles. The summed E-state index contributed by atoms with van der Waals surface area (Å²) in [5, 5.41) is 11.3. The van der Waals surface area contributed by atoms with E-state index in [1.165, 1.54) is 6.21 Å². The van der Waals surface area contributed by atoms with Gasteiger partial charge in [-0.15, -0.1) is 0 Å². The van der Waals surface area contributed by atoms with E-state index in [1.54, 1.807) is 31.2 Å². The van der Waals surface area contributed by atoms with Crippen LogP contribution in [0.2, 0.25) is 0 Å². The molecule has 1 aromatic heterocycles. The quantitative estimate of drug-likeness (QED) is 0.510. The summed E-state index contributed by atoms with van der Waals surface area (Å²) in [4.78, 5) is 3.62. The first-order valence-corrected chi connectivity index (χ1v) is 6.54. The summed E-state index contributed by atoms with van der Waals surface area (Å²) in [7, 11) is 0. The molecule has 1 N–H and O–H groups in total. The second-order valence-electron chi connectivity index (χ2n) is 4.54. The SMILES string of the molecule is CC(/C=N/O)Oc1ccc(Oc2ccc(C(F)(F)F)cn2)cc1. The minimum absolute atomic E-state index is 0.0486. The van der Waals surface area contributed by atoms with Gasteiger partial charge >= 0.3 is 6.18 Å². The van der Waals surface area contributed by atoms with Gasteiger partial charge < -0.3 is 14.7 Å². The Morgan fingerprint density at radius 1 is 1.13 bits per heavy atom. The maximum absolute atomic E-state index is 12.4. The van der Waals surface area contributed by atoms with Crippen LogP contribution in [0.1, 0.15) is 12.5 Å². The van der Waals surface area contributed by atoms with Crippen molar-refractivity contribution in [2.24, 2.45) is 5.16 Å². The van der Waals surface area contributed by atoms with Crippen LogP contribution in [0.15, 0.2) is 47.8 Å². The fourth-order valence-corrected chi connectivity index (χ4v) is 1.65. The van der Waals surface area contributed by atoms with Crippen molar-refractivity contribution in [3.63, 3.8) is 0 Å². The lowest BCUT2D eigenvalue weighted by atomic mass is 10.3. The molecule has 0 fully saturated rings. The molecular weight excluding hydrogens is 313 g/mol. The summed E-state index contributed by atoms with van der Waals surface area (Å²) >= 11 is 0. The molecule has 0 spiro atoms. The van der Waals surface area contributed by atoms with Gasteiger partial charge in [-0.05, 0) is 37.3 Å². The number of halogens is 3. The van der Waals surface area contributed by atoms with E-state index in [2.05, 4.69) is 10.1 Å². The molecule has 0 saturated carbocycles. The van der Waals surface area contributed by atoms with Crippen LogP contribution in [0.25, 0.3) is 0 Å². The molecule has 0 aliphatic rings. The average molecular weight is 326 g/mol. The molecule has 1 aromatic carbocycles. The molecule has 0 aliphatic carbocycles. The van der Waals surface area contributed by atoms with Crippen LogP contribution < -0.4 is 9.47 Å². The summed E-state index contributed by atoms with van der Waals surface area (Å²) in [6.45, 7) is 1.69. The Morgan fingerprint density at radius 2 is 1.78 bits per heavy atom. The summed E-state index contributed by atoms with van der Waals surface area (Å²) in [6.07, 6.45) is -2.92. The zero-order chi connectivity index (χ0) is 16.9. The van der Waals surface area contributed by atoms with E-state index in [9.17, 15) is 13.2 Å². The lowest BCUT2D eigenvalue weighted by Gasteiger charge is -2.11. The second-order valence-corrected chi connectivity index (χ2v) is 4.54. The van der Waals surface area contributed by atoms with Crippen LogP contribution in [0.4, 0.5) is 13.2 Å². The molecule has 0 bridgehead atoms. The highest BCUT2D eigenvalue weighted by Gasteiger charge is 2.30. The van der Waals surface area contributed by atoms with E-state index in [-0.39, 0.29) is 5.88 Å². The fraction of sp³-hybridized carbons (Fsp3) is 0.200. The zero-order valence-corrected chi connectivity index (χ0v) is 12.0. The van der Waals surface area contributed by atoms with Crippen LogP contribution in [0.5, 0.6) is 17.4 Å². The van der Waals surface area contributed by atoms with Crippen LogP contribution in [0, 0.1) is 0 Å². The fourth-order valence-electron chi connectivity index (χ4n) is 1.65. The van der Waals surface area contributed by atoms with E-state index >= 15 is 0 Å². The van der Waals surface area contributed by atoms with Crippen LogP contribution >= 0.6 is 0 Å². The normalized spacial score (nSPS) is 13.0. The molecule has 2 aromatic rings. The number of pyridine rings is 1. The largest absolute Gasteiger partial charge is 0.485 e. The maximum Gasteiger partial charge on any atom is 0.417 e. The van der Waals surface area contributed by atoms with Crippen molar-refractivity contribution in [2.45, 2.75) is 19.2 Å². The van der Waals surface area contributed by atoms with E-state index in [0.717, 1.165) is 12.1 Å². The number of ether oxygens (including phenoxy) is 2. The number of alkyl halides is 3. The smallest absolute Gasteiger partial charge is 0.417 e. The Labute approximate surface area is 130 Å². The van der Waals surface area contributed by atoms with Crippen LogP contribution in [-0.2, 0) is 6.18 Å². The Balaban J connectivity index is 2.01. The number of hydrogen-bond donors (Lipinski definition) is 1. The van der Waals surface area contributed by atoms with Crippen molar-refractivity contribution in [3.8, 4) is 17.4 Å². The molecule has 23 heavy (non-hydrogen) atoms. The van der Waals surface area contributed by atoms with Gasteiger partial charge in [0.2, 0.25) is 5.88 Å². The molecule has 1 heterocycles. The first kappa shape index (κ1) is 16.6. The number of aromatic nitrogens is 1. The zero-order valence-electron chi connectivity index (χ0n) is 12.0. The average Bonchev–Trinajstić information content (AvgIpc) is 2.49. The van der Waals surface area contributed by atoms with Gasteiger partial charge in [0.15, 0.2) is 0 Å². The maximum atomic E-state index is 12.4. The summed E-state index contributed by atoms with van der Waals surface area (Å²) in [6, 6.07) is 8.43. The highest BCUT2D eigenvalue weighted by atomic mass is 19.4. The van der Waals surface area contributed by atoms with Crippen molar-refractivity contribution >= 4 is 6.21 Å². The van der Waals surface area contributed by atoms with Crippen LogP contribution in [0.3, 0.4) is 0 Å². The van der Waals surface area contributed by atoms with Crippen molar-refractivity contribution in [1.82, 2.24) is 4.98 Å². The predicted molar refractivity (Wildman–Crippen MR) is 76.1 cm³/mol. The molecular formula is C15H13F3N2O3. The Kier molecular flexibility index (Phi) is 5.05. The summed E-state index contributed by atoms with van der Waals surface area (Å²) in [5.74, 6) is 0.964. The monoisotopic (exact) mass is 326 g/mol. The number of oxime groups is 1. The first-order valence-electron chi connectivity index (χ1n) is 6.54. The minimum atomic E-state index is -4.43. The van der Waals surface area contributed by atoms with Gasteiger partial charge in [-0.1, -0.05) is 5.16 Å². The highest BCUT2D eigenvalue weighted by molar-refractivity contribution is 5.62. The van der Waals surface area contributed by atoms with E-state index in [4.69, 9.17) is 14.7 Å². The van der Waals surface area contributed by atoms with Crippen molar-refractivity contribution < 1.29 is 27.9 Å². The summed E-state index contributed by atoms with van der Waals surface area (Å²) < 4.78 is 48.1. The summed E-state index contributed by atoms with van der Waals surface area (Å²) in [5.41, 5.74) is -0.840. The van der Waals surface area contributed by atoms with Gasteiger partial charge in [-0.3, -0.25) is 0 Å². The van der Waals surface area contributed by atoms with Gasteiger partial charge in [0.1, 0.15) is 17.6 Å². The minimum Gasteiger partial charge on any atom is -0.485 e. The first-order chi connectivity index (χ1) is 10.9. The highest BCUT2D eigenvalue weighted by Crippen LogP contribution is 2.30. The van der Waals surface area contributed by atoms with Gasteiger partial charge in [0, 0.05) is 12.3 Å². The Bertz CT molecular complexity index is 655. The lowest BCUT2D eigenvalue weighted by Crippen LogP contribution is -2.12. The number of benzene rings is 1. The molecule has 1 unspecified atom stereocenters. The van der Waals surface area contributed by atoms with Crippen molar-refractivity contribution in [1.29, 1.82) is 0 Å². The van der Waals surface area contributed by atoms with Gasteiger partial charge in [0.25, 0.3) is 0 Å². The molecule has 5 nitrogen and oxygen atoms in total. The lowest BCUT2D eigenvalue weighted by molar-refractivity contribution is -0.137. The van der Waals surface area contributed by atoms with E-state index < -0.39 is 17.8 Å². The third kappa shape index (κ3) is 4.87. The van der Waals surface area contributed by atoms with Crippen molar-refractivity contribution in [3.05, 3.63) is 48.2 Å². The van der Waals surface area contributed by atoms with Crippen LogP contribution in [-0.4, -0.2) is 22.5 Å². The van der Waals surface area contributed by atoms with E-state index in [1.807, 2.05) is 0 Å². The van der Waals surface area contributed by atoms with Gasteiger partial charge in [-0.2, -0.15) is 13.2 Å². The second kappa shape index (κ2) is 6.99. The molecule has 2 rings (SSSR count). The number of rotatable bonds is 5. The number of nitrogens with zero attached hydrogens (tertiary/aromatic N) is 2. The van der Waals surface area contributed by atoms with Gasteiger partial charge in [-0.25, -0.2) is 4.98 Å². The molecule has 0 amide bonds. The van der Waals surface area contributed by atoms with E-state index in [0.29, 0.717) is 17.7 Å². The molecule has 0 aliphatic heterocycles. The third-order valence-electron chi connectivity index (χ3n) is 2.71. The topological polar surface area (TPSA) is 63.9 Å². The predicted octanol–water partition coefficient (Wildman–Crippen LogP) is 4.12. The van der Waals surface area contributed by atoms with Crippen molar-refractivity contribution in [2.75, 3.05) is 0 Å². The molecule has 122 valence electrons.